The Morgan fingerprint density at radius 3 is 1.83 bits per heavy atom. The maximum Gasteiger partial charge on any atom is -0.0132 e. The quantitative estimate of drug-likeness (QED) is 0.157. The van der Waals surface area contributed by atoms with Crippen molar-refractivity contribution in [3.8, 4) is 11.1 Å². The van der Waals surface area contributed by atoms with Gasteiger partial charge in [-0.05, 0) is 28.4 Å². The number of halogens is 2. The molecule has 0 amide bonds. The van der Waals surface area contributed by atoms with Crippen molar-refractivity contribution in [3.05, 3.63) is 152 Å². The molecule has 2 aliphatic rings. The summed E-state index contributed by atoms with van der Waals surface area (Å²) in [5.41, 5.74) is 11.3. The van der Waals surface area contributed by atoms with Crippen molar-refractivity contribution >= 4 is 35.1 Å². The molecule has 0 nitrogen and oxygen atoms in total. The molecule has 0 atom stereocenters. The molecule has 0 heterocycles. The van der Waals surface area contributed by atoms with Crippen LogP contribution in [0.4, 0.5) is 0 Å². The van der Waals surface area contributed by atoms with E-state index in [0.29, 0.717) is 0 Å². The van der Waals surface area contributed by atoms with E-state index < -0.39 is 0 Å². The first kappa shape index (κ1) is 33.0. The van der Waals surface area contributed by atoms with E-state index in [-0.39, 0.29) is 10.8 Å². The predicted octanol–water partition coefficient (Wildman–Crippen LogP) is 11.3. The van der Waals surface area contributed by atoms with Gasteiger partial charge in [-0.1, -0.05) is 65.3 Å². The van der Waals surface area contributed by atoms with Crippen LogP contribution in [0.1, 0.15) is 81.3 Å². The van der Waals surface area contributed by atoms with Crippen LogP contribution >= 0.6 is 31.9 Å². The third kappa shape index (κ3) is 8.81. The maximum atomic E-state index is 3.67. The second kappa shape index (κ2) is 14.2. The van der Waals surface area contributed by atoms with Gasteiger partial charge in [0.05, 0.1) is 0 Å². The third-order valence-corrected chi connectivity index (χ3v) is 9.68. The van der Waals surface area contributed by atoms with Crippen LogP contribution in [-0.4, -0.2) is 3.21 Å². The van der Waals surface area contributed by atoms with Crippen molar-refractivity contribution in [3.63, 3.8) is 0 Å². The van der Waals surface area contributed by atoms with Crippen LogP contribution in [0.25, 0.3) is 11.1 Å². The van der Waals surface area contributed by atoms with E-state index in [2.05, 4.69) is 158 Å². The summed E-state index contributed by atoms with van der Waals surface area (Å²) in [5.74, 6) is 0. The molecule has 4 aromatic carbocycles. The molecule has 2 aliphatic carbocycles. The fourth-order valence-corrected chi connectivity index (χ4v) is 6.39. The number of hydrogen-bond donors (Lipinski definition) is 0. The molecule has 0 aliphatic heterocycles. The van der Waals surface area contributed by atoms with Crippen molar-refractivity contribution in [1.82, 2.24) is 0 Å². The molecule has 0 spiro atoms. The van der Waals surface area contributed by atoms with Crippen molar-refractivity contribution in [2.75, 3.05) is 0 Å². The van der Waals surface area contributed by atoms with E-state index >= 15 is 0 Å². The standard InChI is InChI=1S/C21H25.C13H8Br2.C5H5.Zr/c1-20(2,3)16-7-9-18-14(12-16)11-15-13-17(21(4,5)6)8-10-19(15)18;14-12-5-1-3-10(8-12)7-11-4-2-6-13(15)9-11;1-2-4-5-3-1;/h7-10,12H,11H2,1-6H3;1-6,8-9H;1-3H,4H2;/q-1;;-1;+2. The molecule has 0 aromatic heterocycles. The molecule has 212 valence electrons. The summed E-state index contributed by atoms with van der Waals surface area (Å²) >= 11 is 8.43. The van der Waals surface area contributed by atoms with Crippen LogP contribution in [0.5, 0.6) is 0 Å². The number of hydrogen-bond acceptors (Lipinski definition) is 0. The average Bonchev–Trinajstić information content (AvgIpc) is 3.63. The van der Waals surface area contributed by atoms with Gasteiger partial charge in [0, 0.05) is 0 Å². The van der Waals surface area contributed by atoms with Gasteiger partial charge in [-0.3, -0.25) is 6.08 Å². The van der Waals surface area contributed by atoms with Crippen molar-refractivity contribution in [2.24, 2.45) is 0 Å². The van der Waals surface area contributed by atoms with E-state index in [1.165, 1.54) is 71.9 Å². The first-order valence-corrected chi connectivity index (χ1v) is 17.2. The maximum absolute atomic E-state index is 3.67. The Morgan fingerprint density at radius 2 is 1.36 bits per heavy atom. The summed E-state index contributed by atoms with van der Waals surface area (Å²) in [5, 5.41) is 0. The second-order valence-corrected chi connectivity index (χ2v) is 15.8. The Kier molecular flexibility index (Phi) is 11.2. The fraction of sp³-hybridized carbons (Fsp3) is 0.256. The Balaban J connectivity index is 0.000000170. The van der Waals surface area contributed by atoms with Crippen molar-refractivity contribution in [2.45, 2.75) is 65.2 Å². The fourth-order valence-electron chi connectivity index (χ4n) is 4.82. The Bertz CT molecular complexity index is 1510. The second-order valence-electron chi connectivity index (χ2n) is 12.7. The molecule has 0 radical (unpaired) electrons. The summed E-state index contributed by atoms with van der Waals surface area (Å²) in [7, 11) is 0. The zero-order chi connectivity index (χ0) is 30.5. The van der Waals surface area contributed by atoms with Crippen LogP contribution in [0.3, 0.4) is 0 Å². The van der Waals surface area contributed by atoms with Gasteiger partial charge < -0.3 is 0 Å². The van der Waals surface area contributed by atoms with Crippen LogP contribution < -0.4 is 0 Å². The molecule has 0 bridgehead atoms. The molecule has 0 unspecified atom stereocenters. The Morgan fingerprint density at radius 1 is 0.738 bits per heavy atom. The van der Waals surface area contributed by atoms with E-state index in [9.17, 15) is 0 Å². The zero-order valence-corrected chi connectivity index (χ0v) is 31.0. The first-order valence-electron chi connectivity index (χ1n) is 14.3. The summed E-state index contributed by atoms with van der Waals surface area (Å²) < 4.78 is 3.62. The molecular weight excluding hydrogens is 719 g/mol. The molecule has 0 fully saturated rings. The smallest absolute Gasteiger partial charge is 0.0132 e. The molecule has 0 saturated heterocycles. The average molecular weight is 758 g/mol. The Labute approximate surface area is 284 Å². The summed E-state index contributed by atoms with van der Waals surface area (Å²) in [6.45, 7) is 13.6. The van der Waals surface area contributed by atoms with Gasteiger partial charge >= 0.3 is 128 Å². The number of benzene rings is 4. The van der Waals surface area contributed by atoms with Gasteiger partial charge in [0.1, 0.15) is 0 Å². The molecule has 0 saturated carbocycles. The topological polar surface area (TPSA) is 0 Å². The zero-order valence-electron chi connectivity index (χ0n) is 25.4. The summed E-state index contributed by atoms with van der Waals surface area (Å²) in [6.07, 6.45) is 11.0. The predicted molar refractivity (Wildman–Crippen MR) is 184 cm³/mol. The van der Waals surface area contributed by atoms with Crippen LogP contribution in [0.2, 0.25) is 0 Å². The van der Waals surface area contributed by atoms with Gasteiger partial charge in [-0.25, -0.2) is 12.2 Å². The third-order valence-electron chi connectivity index (χ3n) is 7.28. The van der Waals surface area contributed by atoms with Crippen molar-refractivity contribution in [1.29, 1.82) is 0 Å². The minimum atomic E-state index is 0.167. The number of allylic oxidation sites excluding steroid dienone is 4. The normalized spacial score (nSPS) is 13.0. The van der Waals surface area contributed by atoms with Gasteiger partial charge in [0.2, 0.25) is 0 Å². The van der Waals surface area contributed by atoms with E-state index in [1.54, 1.807) is 0 Å². The van der Waals surface area contributed by atoms with Gasteiger partial charge in [-0.15, -0.1) is 17.5 Å². The van der Waals surface area contributed by atoms with Gasteiger partial charge in [0.15, 0.2) is 0 Å². The number of fused-ring (bicyclic) bond motifs is 3. The first-order chi connectivity index (χ1) is 19.8. The number of rotatable bonds is 2. The molecule has 42 heavy (non-hydrogen) atoms. The largest absolute Gasteiger partial charge is 0.273 e. The van der Waals surface area contributed by atoms with Crippen LogP contribution in [-0.2, 0) is 41.5 Å². The molecule has 3 heteroatoms. The minimum Gasteiger partial charge on any atom is -0.273 e. The summed E-state index contributed by atoms with van der Waals surface area (Å²) in [6, 6.07) is 32.0. The Hall–Kier alpha value is -1.93. The summed E-state index contributed by atoms with van der Waals surface area (Å²) in [4.78, 5) is 0. The molecule has 0 N–H and O–H groups in total. The molecule has 6 rings (SSSR count). The SMILES string of the molecule is Brc1cccc([C](=[Zr+2])c2cccc(Br)c2)c1.CC(C)(C)c1[c-]c2c(cc1)-c1ccc(C(C)(C)C)cc1C2.[C-]1=CC=CC1. The molecule has 4 aromatic rings. The van der Waals surface area contributed by atoms with Crippen molar-refractivity contribution < 1.29 is 24.2 Å². The monoisotopic (exact) mass is 754 g/mol. The minimum absolute atomic E-state index is 0.167. The van der Waals surface area contributed by atoms with E-state index in [4.69, 9.17) is 0 Å². The van der Waals surface area contributed by atoms with Gasteiger partial charge in [-0.2, -0.15) is 29.8 Å². The molecular formula is C39H38Br2Zr. The van der Waals surface area contributed by atoms with Crippen LogP contribution in [0, 0.1) is 12.1 Å². The van der Waals surface area contributed by atoms with Gasteiger partial charge in [0.25, 0.3) is 0 Å². The van der Waals surface area contributed by atoms with Crippen LogP contribution in [0.15, 0.2) is 106 Å². The van der Waals surface area contributed by atoms with E-state index in [1.807, 2.05) is 24.3 Å². The van der Waals surface area contributed by atoms with E-state index in [0.717, 1.165) is 21.8 Å².